The minimum atomic E-state index is -0.402. The number of rotatable bonds is 11. The van der Waals surface area contributed by atoms with Gasteiger partial charge in [-0.3, -0.25) is 9.59 Å². The summed E-state index contributed by atoms with van der Waals surface area (Å²) in [4.78, 5) is 24.6. The molecule has 0 saturated heterocycles. The van der Waals surface area contributed by atoms with Gasteiger partial charge in [0.2, 0.25) is 0 Å². The van der Waals surface area contributed by atoms with Crippen LogP contribution in [-0.4, -0.2) is 37.8 Å². The van der Waals surface area contributed by atoms with E-state index in [2.05, 4.69) is 15.8 Å². The fraction of sp³-hybridized carbons (Fsp3) is 0.222. The quantitative estimate of drug-likeness (QED) is 0.272. The van der Waals surface area contributed by atoms with Gasteiger partial charge < -0.3 is 19.5 Å². The summed E-state index contributed by atoms with van der Waals surface area (Å²) in [7, 11) is 0. The second-order valence-electron chi connectivity index (χ2n) is 7.62. The van der Waals surface area contributed by atoms with Crippen molar-refractivity contribution in [1.29, 1.82) is 0 Å². The van der Waals surface area contributed by atoms with Gasteiger partial charge in [-0.1, -0.05) is 29.3 Å². The Morgan fingerprint density at radius 2 is 1.58 bits per heavy atom. The zero-order valence-electron chi connectivity index (χ0n) is 20.3. The van der Waals surface area contributed by atoms with Crippen molar-refractivity contribution in [1.82, 2.24) is 5.43 Å². The van der Waals surface area contributed by atoms with Crippen LogP contribution in [-0.2, 0) is 4.79 Å². The number of anilines is 1. The topological polar surface area (TPSA) is 98.3 Å². The number of carbonyl (C=O) groups excluding carboxylic acids is 2. The number of hydrogen-bond donors (Lipinski definition) is 2. The van der Waals surface area contributed by atoms with Crippen LogP contribution < -0.4 is 25.0 Å². The average molecular weight is 510 g/mol. The number of halogens is 1. The van der Waals surface area contributed by atoms with Crippen LogP contribution in [0.2, 0.25) is 5.02 Å². The molecule has 9 heteroatoms. The maximum atomic E-state index is 12.5. The molecule has 0 aromatic heterocycles. The molecule has 3 rings (SSSR count). The summed E-state index contributed by atoms with van der Waals surface area (Å²) in [6, 6.07) is 17.3. The van der Waals surface area contributed by atoms with E-state index in [-0.39, 0.29) is 12.5 Å². The van der Waals surface area contributed by atoms with Crippen molar-refractivity contribution in [3.8, 4) is 17.2 Å². The van der Waals surface area contributed by atoms with E-state index in [4.69, 9.17) is 25.8 Å². The molecule has 2 N–H and O–H groups in total. The summed E-state index contributed by atoms with van der Waals surface area (Å²) in [6.07, 6.45) is 1.45. The van der Waals surface area contributed by atoms with E-state index in [9.17, 15) is 9.59 Å². The molecule has 0 unspecified atom stereocenters. The zero-order valence-corrected chi connectivity index (χ0v) is 21.1. The first-order valence-corrected chi connectivity index (χ1v) is 11.8. The molecular weight excluding hydrogens is 482 g/mol. The van der Waals surface area contributed by atoms with Gasteiger partial charge in [-0.15, -0.1) is 0 Å². The molecule has 0 radical (unpaired) electrons. The predicted octanol–water partition coefficient (Wildman–Crippen LogP) is 5.23. The summed E-state index contributed by atoms with van der Waals surface area (Å²) in [5.41, 5.74) is 5.28. The van der Waals surface area contributed by atoms with Gasteiger partial charge in [0.05, 0.1) is 24.5 Å². The highest BCUT2D eigenvalue weighted by Crippen LogP contribution is 2.28. The van der Waals surface area contributed by atoms with Crippen molar-refractivity contribution in [3.05, 3.63) is 82.4 Å². The minimum Gasteiger partial charge on any atom is -0.490 e. The van der Waals surface area contributed by atoms with Crippen LogP contribution in [0, 0.1) is 6.92 Å². The van der Waals surface area contributed by atoms with Gasteiger partial charge in [0.1, 0.15) is 5.75 Å². The fourth-order valence-electron chi connectivity index (χ4n) is 3.11. The number of aryl methyl sites for hydroxylation is 1. The molecule has 0 saturated carbocycles. The van der Waals surface area contributed by atoms with Gasteiger partial charge in [-0.2, -0.15) is 5.10 Å². The maximum absolute atomic E-state index is 12.5. The number of ether oxygens (including phenoxy) is 3. The van der Waals surface area contributed by atoms with Gasteiger partial charge in [0.15, 0.2) is 18.1 Å². The maximum Gasteiger partial charge on any atom is 0.271 e. The lowest BCUT2D eigenvalue weighted by atomic mass is 10.2. The highest BCUT2D eigenvalue weighted by atomic mass is 35.5. The fourth-order valence-corrected chi connectivity index (χ4v) is 3.36. The van der Waals surface area contributed by atoms with Gasteiger partial charge in [0, 0.05) is 11.3 Å². The van der Waals surface area contributed by atoms with E-state index < -0.39 is 5.91 Å². The second-order valence-corrected chi connectivity index (χ2v) is 8.03. The normalized spacial score (nSPS) is 10.7. The Bertz CT molecular complexity index is 1230. The SMILES string of the molecule is CCOc1ccc(C(=O)N/N=C/c2ccc(OCC(=O)Nc3ccc(C)cc3)c(Cl)c2)cc1OCC. The Hall–Kier alpha value is -4.04. The molecule has 0 spiro atoms. The number of nitrogens with zero attached hydrogens (tertiary/aromatic N) is 1. The Kier molecular flexibility index (Phi) is 9.71. The second kappa shape index (κ2) is 13.2. The highest BCUT2D eigenvalue weighted by Gasteiger charge is 2.11. The van der Waals surface area contributed by atoms with Crippen LogP contribution in [0.15, 0.2) is 65.8 Å². The largest absolute Gasteiger partial charge is 0.490 e. The molecule has 0 atom stereocenters. The number of benzene rings is 3. The first-order valence-electron chi connectivity index (χ1n) is 11.4. The number of amides is 2. The van der Waals surface area contributed by atoms with Crippen LogP contribution in [0.5, 0.6) is 17.2 Å². The Morgan fingerprint density at radius 3 is 2.28 bits per heavy atom. The molecule has 0 fully saturated rings. The molecule has 0 aliphatic carbocycles. The minimum absolute atomic E-state index is 0.192. The van der Waals surface area contributed by atoms with Crippen LogP contribution in [0.25, 0.3) is 0 Å². The van der Waals surface area contributed by atoms with Crippen molar-refractivity contribution in [2.45, 2.75) is 20.8 Å². The molecule has 0 bridgehead atoms. The molecule has 8 nitrogen and oxygen atoms in total. The average Bonchev–Trinajstić information content (AvgIpc) is 2.86. The van der Waals surface area contributed by atoms with E-state index in [0.717, 1.165) is 5.56 Å². The standard InChI is InChI=1S/C27H28ClN3O5/c1-4-34-24-13-9-20(15-25(24)35-5-2)27(33)31-29-16-19-8-12-23(22(28)14-19)36-17-26(32)30-21-10-6-18(3)7-11-21/h6-16H,4-5,17H2,1-3H3,(H,30,32)(H,31,33)/b29-16+. The summed E-state index contributed by atoms with van der Waals surface area (Å²) in [5, 5.41) is 7.06. The Balaban J connectivity index is 1.54. The van der Waals surface area contributed by atoms with Gasteiger partial charge in [0.25, 0.3) is 11.8 Å². The van der Waals surface area contributed by atoms with Crippen molar-refractivity contribution in [2.24, 2.45) is 5.10 Å². The van der Waals surface area contributed by atoms with Crippen LogP contribution in [0.4, 0.5) is 5.69 Å². The van der Waals surface area contributed by atoms with E-state index in [1.54, 1.807) is 36.4 Å². The van der Waals surface area contributed by atoms with Crippen molar-refractivity contribution in [3.63, 3.8) is 0 Å². The number of hydrazone groups is 1. The summed E-state index contributed by atoms with van der Waals surface area (Å²) < 4.78 is 16.6. The third-order valence-electron chi connectivity index (χ3n) is 4.84. The molecule has 3 aromatic carbocycles. The monoisotopic (exact) mass is 509 g/mol. The van der Waals surface area contributed by atoms with Crippen LogP contribution in [0.3, 0.4) is 0 Å². The number of nitrogens with one attached hydrogen (secondary N) is 2. The van der Waals surface area contributed by atoms with Gasteiger partial charge >= 0.3 is 0 Å². The van der Waals surface area contributed by atoms with E-state index in [1.807, 2.05) is 45.0 Å². The lowest BCUT2D eigenvalue weighted by molar-refractivity contribution is -0.118. The summed E-state index contributed by atoms with van der Waals surface area (Å²) >= 11 is 6.28. The molecule has 0 aliphatic heterocycles. The van der Waals surface area contributed by atoms with Gasteiger partial charge in [-0.25, -0.2) is 5.43 Å². The van der Waals surface area contributed by atoms with Crippen molar-refractivity contribution in [2.75, 3.05) is 25.1 Å². The van der Waals surface area contributed by atoms with E-state index >= 15 is 0 Å². The summed E-state index contributed by atoms with van der Waals surface area (Å²) in [5.74, 6) is 0.718. The Labute approximate surface area is 215 Å². The van der Waals surface area contributed by atoms with Crippen molar-refractivity contribution < 1.29 is 23.8 Å². The molecule has 0 heterocycles. The van der Waals surface area contributed by atoms with Gasteiger partial charge in [-0.05, 0) is 74.9 Å². The number of hydrogen-bond acceptors (Lipinski definition) is 6. The molecule has 188 valence electrons. The van der Waals surface area contributed by atoms with E-state index in [1.165, 1.54) is 6.21 Å². The summed E-state index contributed by atoms with van der Waals surface area (Å²) in [6.45, 7) is 6.44. The number of carbonyl (C=O) groups is 2. The highest BCUT2D eigenvalue weighted by molar-refractivity contribution is 6.32. The van der Waals surface area contributed by atoms with E-state index in [0.29, 0.717) is 52.3 Å². The molecule has 36 heavy (non-hydrogen) atoms. The van der Waals surface area contributed by atoms with Crippen LogP contribution >= 0.6 is 11.6 Å². The molecule has 3 aromatic rings. The predicted molar refractivity (Wildman–Crippen MR) is 141 cm³/mol. The van der Waals surface area contributed by atoms with Crippen molar-refractivity contribution >= 4 is 35.3 Å². The lowest BCUT2D eigenvalue weighted by Gasteiger charge is -2.11. The third kappa shape index (κ3) is 7.74. The first kappa shape index (κ1) is 26.6. The van der Waals surface area contributed by atoms with Crippen LogP contribution in [0.1, 0.15) is 35.3 Å². The molecule has 0 aliphatic rings. The lowest BCUT2D eigenvalue weighted by Crippen LogP contribution is -2.20. The smallest absolute Gasteiger partial charge is 0.271 e. The first-order chi connectivity index (χ1) is 17.4. The molecular formula is C27H28ClN3O5. The Morgan fingerprint density at radius 1 is 0.889 bits per heavy atom. The third-order valence-corrected chi connectivity index (χ3v) is 5.13. The molecule has 2 amide bonds. The zero-order chi connectivity index (χ0) is 25.9.